The van der Waals surface area contributed by atoms with Crippen molar-refractivity contribution in [3.8, 4) is 0 Å². The van der Waals surface area contributed by atoms with E-state index in [2.05, 4.69) is 4.98 Å². The SMILES string of the molecule is CCOC(=O)[C@@H]1CCCN(c2c(C(=O)c3ccccc3)cnc3ccc(F)cc23)C1. The van der Waals surface area contributed by atoms with E-state index in [1.54, 1.807) is 43.5 Å². The van der Waals surface area contributed by atoms with Gasteiger partial charge in [-0.25, -0.2) is 4.39 Å². The fraction of sp³-hybridized carbons (Fsp3) is 0.292. The molecule has 0 spiro atoms. The van der Waals surface area contributed by atoms with Crippen molar-refractivity contribution < 1.29 is 18.7 Å². The second kappa shape index (κ2) is 8.61. The van der Waals surface area contributed by atoms with Crippen molar-refractivity contribution >= 4 is 28.3 Å². The van der Waals surface area contributed by atoms with Crippen molar-refractivity contribution in [3.63, 3.8) is 0 Å². The van der Waals surface area contributed by atoms with Crippen LogP contribution in [-0.2, 0) is 9.53 Å². The number of anilines is 1. The number of hydrogen-bond acceptors (Lipinski definition) is 5. The van der Waals surface area contributed by atoms with E-state index in [-0.39, 0.29) is 17.7 Å². The molecule has 2 aromatic carbocycles. The lowest BCUT2D eigenvalue weighted by Gasteiger charge is -2.35. The monoisotopic (exact) mass is 406 g/mol. The van der Waals surface area contributed by atoms with Gasteiger partial charge in [-0.2, -0.15) is 0 Å². The molecule has 1 atom stereocenters. The van der Waals surface area contributed by atoms with Crippen LogP contribution in [0.15, 0.2) is 54.7 Å². The predicted octanol–water partition coefficient (Wildman–Crippen LogP) is 4.38. The quantitative estimate of drug-likeness (QED) is 0.465. The van der Waals surface area contributed by atoms with Gasteiger partial charge < -0.3 is 9.64 Å². The molecule has 0 N–H and O–H groups in total. The Balaban J connectivity index is 1.82. The van der Waals surface area contributed by atoms with Crippen LogP contribution in [0.2, 0.25) is 0 Å². The second-order valence-electron chi connectivity index (χ2n) is 7.41. The van der Waals surface area contributed by atoms with Crippen molar-refractivity contribution in [2.75, 3.05) is 24.6 Å². The summed E-state index contributed by atoms with van der Waals surface area (Å²) in [6.45, 7) is 3.20. The molecular formula is C24H23FN2O3. The maximum atomic E-state index is 14.1. The number of pyridine rings is 1. The average molecular weight is 406 g/mol. The zero-order chi connectivity index (χ0) is 21.1. The molecule has 0 amide bonds. The van der Waals surface area contributed by atoms with Crippen LogP contribution in [-0.4, -0.2) is 36.4 Å². The molecule has 0 bridgehead atoms. The van der Waals surface area contributed by atoms with Crippen LogP contribution in [0.3, 0.4) is 0 Å². The van der Waals surface area contributed by atoms with Crippen LogP contribution in [0, 0.1) is 11.7 Å². The zero-order valence-corrected chi connectivity index (χ0v) is 16.8. The standard InChI is InChI=1S/C24H23FN2O3/c1-2-30-24(29)17-9-6-12-27(15-17)22-19-13-18(25)10-11-21(19)26-14-20(22)23(28)16-7-4-3-5-8-16/h3-5,7-8,10-11,13-14,17H,2,6,9,12,15H2,1H3/t17-/m1/s1. The number of benzene rings is 2. The molecule has 1 aromatic heterocycles. The number of ketones is 1. The second-order valence-corrected chi connectivity index (χ2v) is 7.41. The van der Waals surface area contributed by atoms with Crippen molar-refractivity contribution in [1.29, 1.82) is 0 Å². The molecule has 0 radical (unpaired) electrons. The minimum Gasteiger partial charge on any atom is -0.466 e. The molecule has 6 heteroatoms. The van der Waals surface area contributed by atoms with E-state index in [0.717, 1.165) is 12.8 Å². The molecule has 0 saturated carbocycles. The summed E-state index contributed by atoms with van der Waals surface area (Å²) in [5.41, 5.74) is 2.18. The van der Waals surface area contributed by atoms with Gasteiger partial charge in [0.2, 0.25) is 0 Å². The third-order valence-electron chi connectivity index (χ3n) is 5.44. The zero-order valence-electron chi connectivity index (χ0n) is 16.8. The number of aromatic nitrogens is 1. The number of fused-ring (bicyclic) bond motifs is 1. The summed E-state index contributed by atoms with van der Waals surface area (Å²) in [5, 5.41) is 0.571. The lowest BCUT2D eigenvalue weighted by atomic mass is 9.94. The number of nitrogens with zero attached hydrogens (tertiary/aromatic N) is 2. The Kier molecular flexibility index (Phi) is 5.74. The van der Waals surface area contributed by atoms with Crippen LogP contribution in [0.1, 0.15) is 35.7 Å². The van der Waals surface area contributed by atoms with Crippen LogP contribution in [0.25, 0.3) is 10.9 Å². The summed E-state index contributed by atoms with van der Waals surface area (Å²) in [4.78, 5) is 32.1. The van der Waals surface area contributed by atoms with Gasteiger partial charge in [0.15, 0.2) is 5.78 Å². The normalized spacial score (nSPS) is 16.5. The molecule has 154 valence electrons. The fourth-order valence-electron chi connectivity index (χ4n) is 4.04. The van der Waals surface area contributed by atoms with Crippen LogP contribution in [0.5, 0.6) is 0 Å². The van der Waals surface area contributed by atoms with Crippen molar-refractivity contribution in [2.24, 2.45) is 5.92 Å². The molecule has 30 heavy (non-hydrogen) atoms. The van der Waals surface area contributed by atoms with Gasteiger partial charge in [-0.05, 0) is 38.0 Å². The average Bonchev–Trinajstić information content (AvgIpc) is 2.78. The molecule has 1 saturated heterocycles. The van der Waals surface area contributed by atoms with Crippen molar-refractivity contribution in [1.82, 2.24) is 4.98 Å². The smallest absolute Gasteiger partial charge is 0.310 e. The first-order valence-corrected chi connectivity index (χ1v) is 10.2. The van der Waals surface area contributed by atoms with E-state index in [9.17, 15) is 14.0 Å². The summed E-state index contributed by atoms with van der Waals surface area (Å²) in [5.74, 6) is -1.09. The number of ether oxygens (including phenoxy) is 1. The predicted molar refractivity (Wildman–Crippen MR) is 113 cm³/mol. The highest BCUT2D eigenvalue weighted by Gasteiger charge is 2.30. The van der Waals surface area contributed by atoms with Gasteiger partial charge in [0.05, 0.1) is 29.3 Å². The minimum absolute atomic E-state index is 0.178. The topological polar surface area (TPSA) is 59.5 Å². The van der Waals surface area contributed by atoms with Crippen molar-refractivity contribution in [2.45, 2.75) is 19.8 Å². The lowest BCUT2D eigenvalue weighted by Crippen LogP contribution is -2.40. The minimum atomic E-state index is -0.395. The van der Waals surface area contributed by atoms with E-state index in [1.807, 2.05) is 11.0 Å². The maximum absolute atomic E-state index is 14.1. The Hall–Kier alpha value is -3.28. The van der Waals surface area contributed by atoms with Gasteiger partial charge in [0.25, 0.3) is 0 Å². The summed E-state index contributed by atoms with van der Waals surface area (Å²) in [7, 11) is 0. The summed E-state index contributed by atoms with van der Waals surface area (Å²) >= 11 is 0. The lowest BCUT2D eigenvalue weighted by molar-refractivity contribution is -0.148. The summed E-state index contributed by atoms with van der Waals surface area (Å²) in [6, 6.07) is 13.3. The Bertz CT molecular complexity index is 1080. The maximum Gasteiger partial charge on any atom is 0.310 e. The van der Waals surface area contributed by atoms with E-state index in [4.69, 9.17) is 4.74 Å². The molecule has 0 unspecified atom stereocenters. The summed E-state index contributed by atoms with van der Waals surface area (Å²) in [6.07, 6.45) is 3.06. The molecule has 1 fully saturated rings. The highest BCUT2D eigenvalue weighted by molar-refractivity contribution is 6.16. The Labute approximate surface area is 174 Å². The van der Waals surface area contributed by atoms with Gasteiger partial charge in [-0.3, -0.25) is 14.6 Å². The van der Waals surface area contributed by atoms with E-state index in [0.29, 0.717) is 47.4 Å². The summed E-state index contributed by atoms with van der Waals surface area (Å²) < 4.78 is 19.4. The van der Waals surface area contributed by atoms with E-state index in [1.165, 1.54) is 12.1 Å². The Morgan fingerprint density at radius 1 is 1.20 bits per heavy atom. The molecule has 1 aliphatic heterocycles. The number of piperidine rings is 1. The number of carbonyl (C=O) groups excluding carboxylic acids is 2. The Morgan fingerprint density at radius 2 is 2.00 bits per heavy atom. The Morgan fingerprint density at radius 3 is 2.77 bits per heavy atom. The van der Waals surface area contributed by atoms with Crippen LogP contribution >= 0.6 is 0 Å². The number of halogens is 1. The van der Waals surface area contributed by atoms with Gasteiger partial charge in [0, 0.05) is 30.2 Å². The number of esters is 1. The molecule has 4 rings (SSSR count). The highest BCUT2D eigenvalue weighted by Crippen LogP contribution is 2.34. The highest BCUT2D eigenvalue weighted by atomic mass is 19.1. The van der Waals surface area contributed by atoms with E-state index >= 15 is 0 Å². The number of carbonyl (C=O) groups is 2. The first-order valence-electron chi connectivity index (χ1n) is 10.2. The molecule has 1 aliphatic rings. The third-order valence-corrected chi connectivity index (χ3v) is 5.44. The first kappa shape index (κ1) is 20.0. The van der Waals surface area contributed by atoms with Crippen LogP contribution in [0.4, 0.5) is 10.1 Å². The van der Waals surface area contributed by atoms with Gasteiger partial charge >= 0.3 is 5.97 Å². The molecule has 3 aromatic rings. The van der Waals surface area contributed by atoms with Gasteiger partial charge in [0.1, 0.15) is 5.82 Å². The molecular weight excluding hydrogens is 383 g/mol. The third kappa shape index (κ3) is 3.90. The fourth-order valence-corrected chi connectivity index (χ4v) is 4.04. The van der Waals surface area contributed by atoms with Crippen molar-refractivity contribution in [3.05, 3.63) is 71.7 Å². The largest absolute Gasteiger partial charge is 0.466 e. The molecule has 0 aliphatic carbocycles. The molecule has 5 nitrogen and oxygen atoms in total. The van der Waals surface area contributed by atoms with E-state index < -0.39 is 5.82 Å². The first-order chi connectivity index (χ1) is 14.6. The van der Waals surface area contributed by atoms with Gasteiger partial charge in [-0.15, -0.1) is 0 Å². The molecule has 2 heterocycles. The number of hydrogen-bond donors (Lipinski definition) is 0. The van der Waals surface area contributed by atoms with Crippen LogP contribution < -0.4 is 4.90 Å². The number of rotatable bonds is 5. The van der Waals surface area contributed by atoms with Gasteiger partial charge in [-0.1, -0.05) is 30.3 Å².